The van der Waals surface area contributed by atoms with Gasteiger partial charge in [0.1, 0.15) is 11.3 Å². The summed E-state index contributed by atoms with van der Waals surface area (Å²) in [5.41, 5.74) is 1.29. The lowest BCUT2D eigenvalue weighted by atomic mass is 10.1. The first kappa shape index (κ1) is 14.8. The number of benzene rings is 1. The van der Waals surface area contributed by atoms with Crippen molar-refractivity contribution < 1.29 is 8.84 Å². The second-order valence-corrected chi connectivity index (χ2v) is 11.5. The Labute approximate surface area is 120 Å². The molecule has 0 spiro atoms. The highest BCUT2D eigenvalue weighted by molar-refractivity contribution is 6.74. The van der Waals surface area contributed by atoms with Gasteiger partial charge in [-0.25, -0.2) is 4.79 Å². The minimum atomic E-state index is -1.98. The molecule has 3 nitrogen and oxygen atoms in total. The summed E-state index contributed by atoms with van der Waals surface area (Å²) in [6, 6.07) is 7.28. The lowest BCUT2D eigenvalue weighted by Gasteiger charge is -2.36. The molecule has 0 saturated carbocycles. The molecule has 108 valence electrons. The standard InChI is InChI=1S/C16H22O3Si/c1-11-7-8-12-13(9-11)18-15(17)10-14(12)19-20(5,6)16(2,3)4/h7-10H,1-6H3. The van der Waals surface area contributed by atoms with Crippen LogP contribution in [0.25, 0.3) is 11.0 Å². The van der Waals surface area contributed by atoms with Gasteiger partial charge in [-0.2, -0.15) is 0 Å². The summed E-state index contributed by atoms with van der Waals surface area (Å²) in [5.74, 6) is 0.642. The Kier molecular flexibility index (Phi) is 3.54. The molecule has 0 aliphatic carbocycles. The molecule has 0 bridgehead atoms. The van der Waals surface area contributed by atoms with Gasteiger partial charge < -0.3 is 8.84 Å². The van der Waals surface area contributed by atoms with Crippen molar-refractivity contribution in [1.29, 1.82) is 0 Å². The molecule has 2 aromatic rings. The molecule has 20 heavy (non-hydrogen) atoms. The summed E-state index contributed by atoms with van der Waals surface area (Å²) in [4.78, 5) is 11.7. The summed E-state index contributed by atoms with van der Waals surface area (Å²) in [6.45, 7) is 12.8. The summed E-state index contributed by atoms with van der Waals surface area (Å²) < 4.78 is 11.5. The Balaban J connectivity index is 2.58. The molecule has 1 aromatic heterocycles. The van der Waals surface area contributed by atoms with Crippen LogP contribution in [0.2, 0.25) is 18.1 Å². The van der Waals surface area contributed by atoms with Gasteiger partial charge in [-0.3, -0.25) is 0 Å². The third-order valence-electron chi connectivity index (χ3n) is 4.03. The number of hydrogen-bond acceptors (Lipinski definition) is 3. The quantitative estimate of drug-likeness (QED) is 0.604. The van der Waals surface area contributed by atoms with Gasteiger partial charge in [-0.1, -0.05) is 26.8 Å². The SMILES string of the molecule is Cc1ccc2c(O[Si](C)(C)C(C)(C)C)cc(=O)oc2c1. The number of fused-ring (bicyclic) bond motifs is 1. The molecule has 0 unspecified atom stereocenters. The molecule has 1 aromatic carbocycles. The predicted octanol–water partition coefficient (Wildman–Crippen LogP) is 4.49. The van der Waals surface area contributed by atoms with E-state index in [2.05, 4.69) is 33.9 Å². The van der Waals surface area contributed by atoms with Gasteiger partial charge in [0.2, 0.25) is 0 Å². The fourth-order valence-electron chi connectivity index (χ4n) is 1.75. The van der Waals surface area contributed by atoms with Gasteiger partial charge in [-0.05, 0) is 42.8 Å². The molecule has 0 saturated heterocycles. The van der Waals surface area contributed by atoms with Gasteiger partial charge in [-0.15, -0.1) is 0 Å². The van der Waals surface area contributed by atoms with E-state index in [1.165, 1.54) is 6.07 Å². The van der Waals surface area contributed by atoms with Crippen molar-refractivity contribution in [3.63, 3.8) is 0 Å². The molecule has 0 atom stereocenters. The van der Waals surface area contributed by atoms with Crippen LogP contribution in [0, 0.1) is 6.92 Å². The third-order valence-corrected chi connectivity index (χ3v) is 8.38. The highest BCUT2D eigenvalue weighted by Gasteiger charge is 2.39. The van der Waals surface area contributed by atoms with E-state index in [0.29, 0.717) is 11.3 Å². The maximum atomic E-state index is 11.7. The normalized spacial score (nSPS) is 12.7. The minimum Gasteiger partial charge on any atom is -0.543 e. The van der Waals surface area contributed by atoms with Crippen LogP contribution in [0.15, 0.2) is 33.5 Å². The van der Waals surface area contributed by atoms with Crippen LogP contribution in [-0.2, 0) is 0 Å². The average molecular weight is 290 g/mol. The summed E-state index contributed by atoms with van der Waals surface area (Å²) >= 11 is 0. The van der Waals surface area contributed by atoms with E-state index in [1.807, 2.05) is 25.1 Å². The van der Waals surface area contributed by atoms with E-state index in [9.17, 15) is 4.79 Å². The summed E-state index contributed by atoms with van der Waals surface area (Å²) in [5, 5.41) is 0.945. The summed E-state index contributed by atoms with van der Waals surface area (Å²) in [7, 11) is -1.98. The second kappa shape index (κ2) is 4.77. The van der Waals surface area contributed by atoms with Crippen LogP contribution in [0.5, 0.6) is 5.75 Å². The smallest absolute Gasteiger partial charge is 0.339 e. The van der Waals surface area contributed by atoms with E-state index in [1.54, 1.807) is 0 Å². The Bertz CT molecular complexity index is 693. The minimum absolute atomic E-state index is 0.0834. The number of hydrogen-bond donors (Lipinski definition) is 0. The summed E-state index contributed by atoms with van der Waals surface area (Å²) in [6.07, 6.45) is 0. The van der Waals surface area contributed by atoms with Gasteiger partial charge in [0.05, 0.1) is 11.5 Å². The van der Waals surface area contributed by atoms with Gasteiger partial charge >= 0.3 is 5.63 Å². The molecule has 0 aliphatic rings. The fourth-order valence-corrected chi connectivity index (χ4v) is 2.78. The fraction of sp³-hybridized carbons (Fsp3) is 0.438. The van der Waals surface area contributed by atoms with Crippen LogP contribution < -0.4 is 10.1 Å². The predicted molar refractivity (Wildman–Crippen MR) is 85.0 cm³/mol. The van der Waals surface area contributed by atoms with Gasteiger partial charge in [0, 0.05) is 0 Å². The lowest BCUT2D eigenvalue weighted by Crippen LogP contribution is -2.44. The average Bonchev–Trinajstić information content (AvgIpc) is 2.25. The monoisotopic (exact) mass is 290 g/mol. The zero-order valence-electron chi connectivity index (χ0n) is 13.0. The van der Waals surface area contributed by atoms with Crippen molar-refractivity contribution in [2.45, 2.75) is 45.8 Å². The molecule has 0 radical (unpaired) electrons. The molecule has 1 heterocycles. The highest BCUT2D eigenvalue weighted by atomic mass is 28.4. The molecule has 0 aliphatic heterocycles. The largest absolute Gasteiger partial charge is 0.543 e. The molecule has 0 N–H and O–H groups in total. The van der Waals surface area contributed by atoms with Crippen LogP contribution in [0.1, 0.15) is 26.3 Å². The van der Waals surface area contributed by atoms with E-state index in [4.69, 9.17) is 8.84 Å². The van der Waals surface area contributed by atoms with Crippen LogP contribution in [-0.4, -0.2) is 8.32 Å². The first-order chi connectivity index (χ1) is 9.10. The van der Waals surface area contributed by atoms with Crippen molar-refractivity contribution in [3.05, 3.63) is 40.2 Å². The molecule has 4 heteroatoms. The molecule has 0 fully saturated rings. The van der Waals surface area contributed by atoms with Crippen LogP contribution in [0.3, 0.4) is 0 Å². The van der Waals surface area contributed by atoms with Crippen molar-refractivity contribution >= 4 is 19.3 Å². The lowest BCUT2D eigenvalue weighted by molar-refractivity contribution is 0.485. The Hall–Kier alpha value is -1.55. The first-order valence-electron chi connectivity index (χ1n) is 6.84. The molecular formula is C16H22O3Si. The van der Waals surface area contributed by atoms with E-state index < -0.39 is 8.32 Å². The van der Waals surface area contributed by atoms with Crippen molar-refractivity contribution in [2.24, 2.45) is 0 Å². The third kappa shape index (κ3) is 2.80. The highest BCUT2D eigenvalue weighted by Crippen LogP contribution is 2.38. The van der Waals surface area contributed by atoms with Crippen molar-refractivity contribution in [1.82, 2.24) is 0 Å². The Morgan fingerprint density at radius 3 is 2.40 bits per heavy atom. The van der Waals surface area contributed by atoms with Gasteiger partial charge in [0.25, 0.3) is 8.32 Å². The first-order valence-corrected chi connectivity index (χ1v) is 9.74. The molecule has 0 amide bonds. The Morgan fingerprint density at radius 2 is 1.80 bits per heavy atom. The zero-order valence-corrected chi connectivity index (χ0v) is 14.0. The van der Waals surface area contributed by atoms with Crippen molar-refractivity contribution in [3.8, 4) is 5.75 Å². The van der Waals surface area contributed by atoms with Crippen LogP contribution in [0.4, 0.5) is 0 Å². The van der Waals surface area contributed by atoms with Gasteiger partial charge in [0.15, 0.2) is 0 Å². The van der Waals surface area contributed by atoms with E-state index >= 15 is 0 Å². The molecule has 2 rings (SSSR count). The number of aryl methyl sites for hydroxylation is 1. The molecular weight excluding hydrogens is 268 g/mol. The maximum absolute atomic E-state index is 11.7. The van der Waals surface area contributed by atoms with E-state index in [0.717, 1.165) is 10.9 Å². The number of rotatable bonds is 2. The maximum Gasteiger partial charge on any atom is 0.339 e. The van der Waals surface area contributed by atoms with Crippen LogP contribution >= 0.6 is 0 Å². The van der Waals surface area contributed by atoms with E-state index in [-0.39, 0.29) is 10.7 Å². The Morgan fingerprint density at radius 1 is 1.15 bits per heavy atom. The van der Waals surface area contributed by atoms with Crippen molar-refractivity contribution in [2.75, 3.05) is 0 Å². The topological polar surface area (TPSA) is 39.4 Å². The second-order valence-electron chi connectivity index (χ2n) is 6.79. The zero-order chi connectivity index (χ0) is 15.1.